The first-order valence-corrected chi connectivity index (χ1v) is 6.79. The van der Waals surface area contributed by atoms with Crippen LogP contribution in [0.2, 0.25) is 5.02 Å². The number of carbonyl (C=O) groups excluding carboxylic acids is 1. The summed E-state index contributed by atoms with van der Waals surface area (Å²) in [6.07, 6.45) is 1.64. The summed E-state index contributed by atoms with van der Waals surface area (Å²) in [6, 6.07) is 5.23. The van der Waals surface area contributed by atoms with Gasteiger partial charge in [-0.3, -0.25) is 4.79 Å². The van der Waals surface area contributed by atoms with E-state index in [1.54, 1.807) is 18.2 Å². The summed E-state index contributed by atoms with van der Waals surface area (Å²) in [5, 5.41) is 3.49. The van der Waals surface area contributed by atoms with E-state index in [9.17, 15) is 4.79 Å². The van der Waals surface area contributed by atoms with Crippen LogP contribution in [0.25, 0.3) is 0 Å². The van der Waals surface area contributed by atoms with E-state index in [1.165, 1.54) is 0 Å². The highest BCUT2D eigenvalue weighted by Crippen LogP contribution is 2.21. The van der Waals surface area contributed by atoms with E-state index in [2.05, 4.69) is 17.2 Å². The highest BCUT2D eigenvalue weighted by molar-refractivity contribution is 6.30. The first-order valence-electron chi connectivity index (χ1n) is 6.41. The van der Waals surface area contributed by atoms with Crippen molar-refractivity contribution in [2.45, 2.75) is 26.7 Å². The molecule has 0 heterocycles. The van der Waals surface area contributed by atoms with E-state index in [0.29, 0.717) is 16.3 Å². The lowest BCUT2D eigenvalue weighted by Gasteiger charge is -2.14. The first kappa shape index (κ1) is 15.6. The molecule has 0 radical (unpaired) electrons. The van der Waals surface area contributed by atoms with Gasteiger partial charge < -0.3 is 11.1 Å². The molecule has 0 aliphatic heterocycles. The van der Waals surface area contributed by atoms with Crippen molar-refractivity contribution in [2.24, 2.45) is 11.7 Å². The van der Waals surface area contributed by atoms with Crippen molar-refractivity contribution in [3.63, 3.8) is 0 Å². The van der Waals surface area contributed by atoms with Gasteiger partial charge in [-0.15, -0.1) is 0 Å². The molecule has 3 nitrogen and oxygen atoms in total. The number of hydrogen-bond acceptors (Lipinski definition) is 2. The molecule has 4 heteroatoms. The van der Waals surface area contributed by atoms with Crippen molar-refractivity contribution < 1.29 is 4.79 Å². The van der Waals surface area contributed by atoms with E-state index in [1.807, 2.05) is 13.8 Å². The Labute approximate surface area is 119 Å². The number of nitrogens with one attached hydrogen (secondary N) is 1. The lowest BCUT2D eigenvalue weighted by atomic mass is 10.0. The van der Waals surface area contributed by atoms with Gasteiger partial charge in [0.1, 0.15) is 0 Å². The summed E-state index contributed by atoms with van der Waals surface area (Å²) in [6.45, 7) is 4.28. The lowest BCUT2D eigenvalue weighted by molar-refractivity contribution is -0.120. The molecule has 1 aromatic rings. The predicted octanol–water partition coefficient (Wildman–Crippen LogP) is 3.02. The van der Waals surface area contributed by atoms with E-state index >= 15 is 0 Å². The minimum atomic E-state index is 0.0168. The average molecular weight is 279 g/mol. The summed E-state index contributed by atoms with van der Waals surface area (Å²) >= 11 is 5.94. The second-order valence-corrected chi connectivity index (χ2v) is 4.63. The Morgan fingerprint density at radius 2 is 2.11 bits per heavy atom. The number of halogens is 1. The summed E-state index contributed by atoms with van der Waals surface area (Å²) in [4.78, 5) is 12.1. The normalized spacial score (nSPS) is 9.95. The standard InChI is InChI=1S/C15H19ClN2O/c1-3-11(4-2)15(19)18-14-8-7-13(16)10-12(14)6-5-9-17/h7-8,10-11H,3-4,9,17H2,1-2H3,(H,18,19). The number of anilines is 1. The highest BCUT2D eigenvalue weighted by Gasteiger charge is 2.15. The molecule has 1 amide bonds. The number of benzene rings is 1. The van der Waals surface area contributed by atoms with Gasteiger partial charge in [-0.05, 0) is 31.0 Å². The zero-order valence-corrected chi connectivity index (χ0v) is 12.1. The van der Waals surface area contributed by atoms with Crippen molar-refractivity contribution >= 4 is 23.2 Å². The second-order valence-electron chi connectivity index (χ2n) is 4.20. The molecule has 0 spiro atoms. The van der Waals surface area contributed by atoms with E-state index in [-0.39, 0.29) is 18.4 Å². The highest BCUT2D eigenvalue weighted by atomic mass is 35.5. The molecule has 1 aromatic carbocycles. The Balaban J connectivity index is 2.97. The van der Waals surface area contributed by atoms with Crippen LogP contribution < -0.4 is 11.1 Å². The van der Waals surface area contributed by atoms with Crippen molar-refractivity contribution in [2.75, 3.05) is 11.9 Å². The fraction of sp³-hybridized carbons (Fsp3) is 0.400. The maximum atomic E-state index is 12.1. The van der Waals surface area contributed by atoms with Crippen LogP contribution >= 0.6 is 11.6 Å². The van der Waals surface area contributed by atoms with Crippen LogP contribution in [0.15, 0.2) is 18.2 Å². The molecule has 0 unspecified atom stereocenters. The summed E-state index contributed by atoms with van der Waals surface area (Å²) in [5.74, 6) is 5.73. The Bertz CT molecular complexity index is 499. The van der Waals surface area contributed by atoms with Gasteiger partial charge in [-0.1, -0.05) is 37.3 Å². The van der Waals surface area contributed by atoms with Crippen molar-refractivity contribution in [3.05, 3.63) is 28.8 Å². The van der Waals surface area contributed by atoms with Gasteiger partial charge >= 0.3 is 0 Å². The molecule has 19 heavy (non-hydrogen) atoms. The van der Waals surface area contributed by atoms with E-state index in [0.717, 1.165) is 12.8 Å². The zero-order valence-electron chi connectivity index (χ0n) is 11.3. The topological polar surface area (TPSA) is 55.1 Å². The molecule has 0 aliphatic rings. The molecule has 0 fully saturated rings. The monoisotopic (exact) mass is 278 g/mol. The van der Waals surface area contributed by atoms with Crippen LogP contribution in [0, 0.1) is 17.8 Å². The molecule has 0 aromatic heterocycles. The molecule has 0 bridgehead atoms. The average Bonchev–Trinajstić information content (AvgIpc) is 2.40. The molecule has 102 valence electrons. The third-order valence-corrected chi connectivity index (χ3v) is 3.16. The Kier molecular flexibility index (Phi) is 6.41. The fourth-order valence-corrected chi connectivity index (χ4v) is 1.94. The quantitative estimate of drug-likeness (QED) is 0.832. The molecule has 0 saturated carbocycles. The summed E-state index contributed by atoms with van der Waals surface area (Å²) in [7, 11) is 0. The number of rotatable bonds is 4. The minimum absolute atomic E-state index is 0.0168. The number of carbonyl (C=O) groups is 1. The van der Waals surface area contributed by atoms with Gasteiger partial charge in [-0.2, -0.15) is 0 Å². The maximum Gasteiger partial charge on any atom is 0.227 e. The number of nitrogens with two attached hydrogens (primary N) is 1. The van der Waals surface area contributed by atoms with Gasteiger partial charge in [-0.25, -0.2) is 0 Å². The third-order valence-electron chi connectivity index (χ3n) is 2.92. The van der Waals surface area contributed by atoms with Gasteiger partial charge in [0.15, 0.2) is 0 Å². The molecule has 0 atom stereocenters. The van der Waals surface area contributed by atoms with Crippen LogP contribution in [0.5, 0.6) is 0 Å². The van der Waals surface area contributed by atoms with Crippen molar-refractivity contribution in [3.8, 4) is 11.8 Å². The van der Waals surface area contributed by atoms with Crippen LogP contribution in [0.4, 0.5) is 5.69 Å². The summed E-state index contributed by atoms with van der Waals surface area (Å²) in [5.41, 5.74) is 6.74. The van der Waals surface area contributed by atoms with Crippen molar-refractivity contribution in [1.82, 2.24) is 0 Å². The molecule has 0 aliphatic carbocycles. The van der Waals surface area contributed by atoms with Crippen LogP contribution in [-0.4, -0.2) is 12.5 Å². The van der Waals surface area contributed by atoms with Crippen molar-refractivity contribution in [1.29, 1.82) is 0 Å². The fourth-order valence-electron chi connectivity index (χ4n) is 1.77. The summed E-state index contributed by atoms with van der Waals surface area (Å²) < 4.78 is 0. The van der Waals surface area contributed by atoms with E-state index in [4.69, 9.17) is 17.3 Å². The second kappa shape index (κ2) is 7.83. The third kappa shape index (κ3) is 4.59. The Morgan fingerprint density at radius 3 is 2.68 bits per heavy atom. The van der Waals surface area contributed by atoms with Crippen LogP contribution in [-0.2, 0) is 4.79 Å². The SMILES string of the molecule is CCC(CC)C(=O)Nc1ccc(Cl)cc1C#CCN. The molecular weight excluding hydrogens is 260 g/mol. The minimum Gasteiger partial charge on any atom is -0.325 e. The largest absolute Gasteiger partial charge is 0.325 e. The first-order chi connectivity index (χ1) is 9.12. The molecule has 0 saturated heterocycles. The molecular formula is C15H19ClN2O. The Hall–Kier alpha value is -1.50. The zero-order chi connectivity index (χ0) is 14.3. The predicted molar refractivity (Wildman–Crippen MR) is 80.1 cm³/mol. The maximum absolute atomic E-state index is 12.1. The van der Waals surface area contributed by atoms with Gasteiger partial charge in [0.2, 0.25) is 5.91 Å². The van der Waals surface area contributed by atoms with Crippen LogP contribution in [0.3, 0.4) is 0 Å². The van der Waals surface area contributed by atoms with E-state index < -0.39 is 0 Å². The lowest BCUT2D eigenvalue weighted by Crippen LogP contribution is -2.22. The van der Waals surface area contributed by atoms with Crippen LogP contribution in [0.1, 0.15) is 32.3 Å². The number of hydrogen-bond donors (Lipinski definition) is 2. The van der Waals surface area contributed by atoms with Gasteiger partial charge in [0.05, 0.1) is 12.2 Å². The Morgan fingerprint density at radius 1 is 1.42 bits per heavy atom. The van der Waals surface area contributed by atoms with Gasteiger partial charge in [0.25, 0.3) is 0 Å². The number of amides is 1. The van der Waals surface area contributed by atoms with Gasteiger partial charge in [0, 0.05) is 16.5 Å². The molecule has 1 rings (SSSR count). The smallest absolute Gasteiger partial charge is 0.227 e. The molecule has 3 N–H and O–H groups in total.